The molecule has 0 bridgehead atoms. The number of pyridine rings is 1. The van der Waals surface area contributed by atoms with Gasteiger partial charge in [-0.25, -0.2) is 4.98 Å². The van der Waals surface area contributed by atoms with E-state index in [1.807, 2.05) is 48.3 Å². The Labute approximate surface area is 187 Å². The van der Waals surface area contributed by atoms with Gasteiger partial charge in [0.25, 0.3) is 0 Å². The summed E-state index contributed by atoms with van der Waals surface area (Å²) < 4.78 is 0. The minimum absolute atomic E-state index is 0.176. The van der Waals surface area contributed by atoms with Gasteiger partial charge in [-0.3, -0.25) is 4.79 Å². The largest absolute Gasteiger partial charge is 0.481 e. The van der Waals surface area contributed by atoms with Gasteiger partial charge in [0.2, 0.25) is 0 Å². The molecule has 0 unspecified atom stereocenters. The van der Waals surface area contributed by atoms with E-state index in [0.29, 0.717) is 5.25 Å². The van der Waals surface area contributed by atoms with Crippen LogP contribution in [-0.2, 0) is 11.2 Å². The predicted octanol–water partition coefficient (Wildman–Crippen LogP) is 4.73. The molecule has 3 aromatic rings. The second-order valence-electron chi connectivity index (χ2n) is 7.79. The van der Waals surface area contributed by atoms with Gasteiger partial charge in [-0.05, 0) is 48.7 Å². The van der Waals surface area contributed by atoms with Crippen molar-refractivity contribution in [3.8, 4) is 0 Å². The van der Waals surface area contributed by atoms with Gasteiger partial charge in [0.15, 0.2) is 0 Å². The van der Waals surface area contributed by atoms with Crippen molar-refractivity contribution < 1.29 is 9.90 Å². The molecule has 1 aliphatic rings. The second kappa shape index (κ2) is 9.98. The SMILES string of the molecule is C[C@@H](C(=O)O)c1cccc(CCN[C@H](c2ccccc2)[C@H]2CNc3cccnc3S2)c1. The van der Waals surface area contributed by atoms with Gasteiger partial charge in [-0.1, -0.05) is 66.4 Å². The number of carboxylic acids is 1. The van der Waals surface area contributed by atoms with E-state index < -0.39 is 11.9 Å². The van der Waals surface area contributed by atoms with Gasteiger partial charge in [0.05, 0.1) is 11.6 Å². The van der Waals surface area contributed by atoms with Crippen molar-refractivity contribution in [3.05, 3.63) is 89.6 Å². The molecule has 6 heteroatoms. The number of hydrogen-bond donors (Lipinski definition) is 3. The summed E-state index contributed by atoms with van der Waals surface area (Å²) in [5.74, 6) is -1.29. The molecule has 4 rings (SSSR count). The molecule has 160 valence electrons. The van der Waals surface area contributed by atoms with E-state index >= 15 is 0 Å². The Morgan fingerprint density at radius 2 is 1.97 bits per heavy atom. The molecule has 0 saturated heterocycles. The Bertz CT molecular complexity index is 1030. The molecule has 0 amide bonds. The fourth-order valence-corrected chi connectivity index (χ4v) is 5.09. The summed E-state index contributed by atoms with van der Waals surface area (Å²) in [7, 11) is 0. The number of hydrogen-bond acceptors (Lipinski definition) is 5. The molecule has 0 saturated carbocycles. The summed E-state index contributed by atoms with van der Waals surface area (Å²) in [4.78, 5) is 15.8. The molecular weight excluding hydrogens is 406 g/mol. The summed E-state index contributed by atoms with van der Waals surface area (Å²) in [6, 6.07) is 22.6. The van der Waals surface area contributed by atoms with Crippen molar-refractivity contribution in [2.24, 2.45) is 0 Å². The van der Waals surface area contributed by atoms with E-state index in [1.165, 1.54) is 5.56 Å². The minimum Gasteiger partial charge on any atom is -0.481 e. The van der Waals surface area contributed by atoms with E-state index in [9.17, 15) is 9.90 Å². The zero-order valence-electron chi connectivity index (χ0n) is 17.5. The zero-order chi connectivity index (χ0) is 21.6. The summed E-state index contributed by atoms with van der Waals surface area (Å²) in [5, 5.41) is 17.9. The number of carbonyl (C=O) groups is 1. The monoisotopic (exact) mass is 433 g/mol. The van der Waals surface area contributed by atoms with Crippen molar-refractivity contribution in [3.63, 3.8) is 0 Å². The topological polar surface area (TPSA) is 74.2 Å². The van der Waals surface area contributed by atoms with Crippen LogP contribution in [0, 0.1) is 0 Å². The van der Waals surface area contributed by atoms with Crippen molar-refractivity contribution in [2.45, 2.75) is 35.6 Å². The number of benzene rings is 2. The lowest BCUT2D eigenvalue weighted by molar-refractivity contribution is -0.138. The maximum atomic E-state index is 11.3. The van der Waals surface area contributed by atoms with Crippen LogP contribution in [0.2, 0.25) is 0 Å². The lowest BCUT2D eigenvalue weighted by Gasteiger charge is -2.32. The number of fused-ring (bicyclic) bond motifs is 1. The number of thioether (sulfide) groups is 1. The molecule has 3 N–H and O–H groups in total. The molecule has 0 aliphatic carbocycles. The van der Waals surface area contributed by atoms with Gasteiger partial charge < -0.3 is 15.7 Å². The van der Waals surface area contributed by atoms with E-state index in [0.717, 1.165) is 41.4 Å². The summed E-state index contributed by atoms with van der Waals surface area (Å²) >= 11 is 1.81. The third-order valence-electron chi connectivity index (χ3n) is 5.66. The first-order valence-electron chi connectivity index (χ1n) is 10.6. The number of rotatable bonds is 8. The Balaban J connectivity index is 1.46. The van der Waals surface area contributed by atoms with E-state index in [2.05, 4.69) is 52.0 Å². The van der Waals surface area contributed by atoms with Gasteiger partial charge >= 0.3 is 5.97 Å². The maximum absolute atomic E-state index is 11.3. The molecule has 2 aromatic carbocycles. The lowest BCUT2D eigenvalue weighted by atomic mass is 9.98. The van der Waals surface area contributed by atoms with Crippen molar-refractivity contribution in [1.82, 2.24) is 10.3 Å². The first-order chi connectivity index (χ1) is 15.1. The van der Waals surface area contributed by atoms with Crippen molar-refractivity contribution in [2.75, 3.05) is 18.4 Å². The lowest BCUT2D eigenvalue weighted by Crippen LogP contribution is -2.37. The highest BCUT2D eigenvalue weighted by Crippen LogP contribution is 2.38. The highest BCUT2D eigenvalue weighted by Gasteiger charge is 2.28. The molecule has 31 heavy (non-hydrogen) atoms. The van der Waals surface area contributed by atoms with Crippen LogP contribution in [0.5, 0.6) is 0 Å². The normalized spacial score (nSPS) is 17.3. The first kappa shape index (κ1) is 21.4. The molecule has 0 radical (unpaired) electrons. The summed E-state index contributed by atoms with van der Waals surface area (Å²) in [6.45, 7) is 3.39. The van der Waals surface area contributed by atoms with Crippen molar-refractivity contribution >= 4 is 23.4 Å². The fourth-order valence-electron chi connectivity index (χ4n) is 3.86. The fraction of sp³-hybridized carbons (Fsp3) is 0.280. The Hall–Kier alpha value is -2.83. The summed E-state index contributed by atoms with van der Waals surface area (Å²) in [6.07, 6.45) is 2.68. The van der Waals surface area contributed by atoms with Gasteiger partial charge in [0, 0.05) is 24.0 Å². The van der Waals surface area contributed by atoms with Crippen LogP contribution >= 0.6 is 11.8 Å². The number of aliphatic carboxylic acids is 1. The van der Waals surface area contributed by atoms with Crippen LogP contribution in [0.1, 0.15) is 35.6 Å². The average Bonchev–Trinajstić information content (AvgIpc) is 2.82. The van der Waals surface area contributed by atoms with Crippen LogP contribution in [0.15, 0.2) is 78.0 Å². The number of nitrogens with zero attached hydrogens (tertiary/aromatic N) is 1. The van der Waals surface area contributed by atoms with E-state index in [4.69, 9.17) is 0 Å². The molecule has 3 atom stereocenters. The van der Waals surface area contributed by atoms with Crippen LogP contribution in [0.3, 0.4) is 0 Å². The third-order valence-corrected chi connectivity index (χ3v) is 6.95. The molecule has 0 fully saturated rings. The Morgan fingerprint density at radius 1 is 1.16 bits per heavy atom. The highest BCUT2D eigenvalue weighted by atomic mass is 32.2. The second-order valence-corrected chi connectivity index (χ2v) is 9.02. The average molecular weight is 434 g/mol. The van der Waals surface area contributed by atoms with Crippen molar-refractivity contribution in [1.29, 1.82) is 0 Å². The third kappa shape index (κ3) is 5.27. The van der Waals surface area contributed by atoms with Gasteiger partial charge in [0.1, 0.15) is 5.03 Å². The minimum atomic E-state index is -0.796. The Kier molecular flexibility index (Phi) is 6.89. The zero-order valence-corrected chi connectivity index (χ0v) is 18.3. The van der Waals surface area contributed by atoms with Gasteiger partial charge in [-0.15, -0.1) is 0 Å². The van der Waals surface area contributed by atoms with Gasteiger partial charge in [-0.2, -0.15) is 0 Å². The van der Waals surface area contributed by atoms with E-state index in [1.54, 1.807) is 6.92 Å². The highest BCUT2D eigenvalue weighted by molar-refractivity contribution is 8.00. The first-order valence-corrected chi connectivity index (χ1v) is 11.5. The number of anilines is 1. The summed E-state index contributed by atoms with van der Waals surface area (Å²) in [5.41, 5.74) is 4.35. The van der Waals surface area contributed by atoms with E-state index in [-0.39, 0.29) is 6.04 Å². The molecule has 2 heterocycles. The Morgan fingerprint density at radius 3 is 2.77 bits per heavy atom. The van der Waals surface area contributed by atoms with Crippen LogP contribution in [0.4, 0.5) is 5.69 Å². The molecule has 5 nitrogen and oxygen atoms in total. The number of carboxylic acid groups (broad SMARTS) is 1. The standard InChI is InChI=1S/C25H27N3O2S/c1-17(25(29)30)20-10-5-7-18(15-20)12-14-26-23(19-8-3-2-4-9-19)22-16-28-21-11-6-13-27-24(21)31-22/h2-11,13,15,17,22-23,26,28H,12,14,16H2,1H3,(H,29,30)/t17-,22-,23-/m1/s1. The quantitative estimate of drug-likeness (QED) is 0.477. The molecule has 1 aliphatic heterocycles. The number of aromatic nitrogens is 1. The predicted molar refractivity (Wildman–Crippen MR) is 126 cm³/mol. The van der Waals surface area contributed by atoms with Crippen LogP contribution in [0.25, 0.3) is 0 Å². The molecule has 0 spiro atoms. The maximum Gasteiger partial charge on any atom is 0.310 e. The molecule has 1 aromatic heterocycles. The smallest absolute Gasteiger partial charge is 0.310 e. The van der Waals surface area contributed by atoms with Crippen LogP contribution < -0.4 is 10.6 Å². The van der Waals surface area contributed by atoms with Crippen LogP contribution in [-0.4, -0.2) is 34.4 Å². The number of nitrogens with one attached hydrogen (secondary N) is 2. The molecular formula is C25H27N3O2S.